The second-order valence-corrected chi connectivity index (χ2v) is 11.7. The summed E-state index contributed by atoms with van der Waals surface area (Å²) in [5, 5.41) is 20.9. The fourth-order valence-corrected chi connectivity index (χ4v) is 6.70. The average molecular weight is 561 g/mol. The van der Waals surface area contributed by atoms with Crippen molar-refractivity contribution in [3.05, 3.63) is 64.5 Å². The predicted molar refractivity (Wildman–Crippen MR) is 153 cm³/mol. The van der Waals surface area contributed by atoms with Crippen LogP contribution in [0.1, 0.15) is 70.1 Å². The van der Waals surface area contributed by atoms with Crippen LogP contribution in [0.15, 0.2) is 41.5 Å². The van der Waals surface area contributed by atoms with Crippen molar-refractivity contribution in [3.63, 3.8) is 0 Å². The predicted octanol–water partition coefficient (Wildman–Crippen LogP) is -1.95. The summed E-state index contributed by atoms with van der Waals surface area (Å²) in [5.41, 5.74) is 15.8. The Balaban J connectivity index is 1.19. The van der Waals surface area contributed by atoms with Gasteiger partial charge in [0.25, 0.3) is 11.8 Å². The van der Waals surface area contributed by atoms with Crippen LogP contribution in [0, 0.1) is 0 Å². The Morgan fingerprint density at radius 3 is 2.76 bits per heavy atom. The maximum absolute atomic E-state index is 13.5. The molecule has 6 rings (SSSR count). The SMILES string of the molecule is CC(C)c1ccc(C(=O)NC[C@@H]2N=C(N)N3CC(NC(=O)c4cccc5c4CCCC5)[C@@H](O)[C@@]34NC(N)=[NH+][C@@H]24)nc1. The van der Waals surface area contributed by atoms with E-state index in [1.165, 1.54) is 5.56 Å². The maximum atomic E-state index is 13.5. The van der Waals surface area contributed by atoms with Gasteiger partial charge in [-0.05, 0) is 60.4 Å². The molecule has 0 saturated carbocycles. The minimum absolute atomic E-state index is 0.134. The first kappa shape index (κ1) is 27.0. The Hall–Kier alpha value is -4.19. The molecular weight excluding hydrogens is 522 g/mol. The summed E-state index contributed by atoms with van der Waals surface area (Å²) >= 11 is 0. The van der Waals surface area contributed by atoms with Crippen LogP contribution in [0.3, 0.4) is 0 Å². The number of aliphatic imine (C=N–C) groups is 1. The first-order chi connectivity index (χ1) is 19.7. The molecule has 9 N–H and O–H groups in total. The van der Waals surface area contributed by atoms with E-state index >= 15 is 0 Å². The van der Waals surface area contributed by atoms with Crippen molar-refractivity contribution < 1.29 is 19.7 Å². The molecule has 2 aromatic rings. The van der Waals surface area contributed by atoms with E-state index in [1.54, 1.807) is 17.2 Å². The smallest absolute Gasteiger partial charge is 0.343 e. The molecule has 0 bridgehead atoms. The Kier molecular flexibility index (Phi) is 6.80. The number of benzene rings is 1. The number of amides is 2. The van der Waals surface area contributed by atoms with Crippen molar-refractivity contribution in [2.24, 2.45) is 16.5 Å². The summed E-state index contributed by atoms with van der Waals surface area (Å²) < 4.78 is 0. The molecule has 1 aliphatic carbocycles. The Bertz CT molecular complexity index is 1420. The van der Waals surface area contributed by atoms with E-state index in [9.17, 15) is 14.7 Å². The number of aliphatic hydroxyl groups is 1. The van der Waals surface area contributed by atoms with E-state index < -0.39 is 29.9 Å². The molecule has 12 heteroatoms. The van der Waals surface area contributed by atoms with E-state index in [-0.39, 0.29) is 36.8 Å². The van der Waals surface area contributed by atoms with Gasteiger partial charge in [0.05, 0.1) is 6.04 Å². The lowest BCUT2D eigenvalue weighted by Gasteiger charge is -2.43. The number of aryl methyl sites for hydroxylation is 1. The van der Waals surface area contributed by atoms with Crippen LogP contribution in [-0.4, -0.2) is 81.7 Å². The van der Waals surface area contributed by atoms with Crippen molar-refractivity contribution in [1.82, 2.24) is 25.8 Å². The van der Waals surface area contributed by atoms with Crippen LogP contribution in [0.25, 0.3) is 0 Å². The van der Waals surface area contributed by atoms with Gasteiger partial charge in [-0.15, -0.1) is 0 Å². The summed E-state index contributed by atoms with van der Waals surface area (Å²) in [6, 6.07) is 7.70. The minimum Gasteiger partial charge on any atom is -0.385 e. The molecule has 5 atom stereocenters. The van der Waals surface area contributed by atoms with Gasteiger partial charge >= 0.3 is 5.96 Å². The van der Waals surface area contributed by atoms with Crippen molar-refractivity contribution in [1.29, 1.82) is 0 Å². The molecule has 12 nitrogen and oxygen atoms in total. The fourth-order valence-electron chi connectivity index (χ4n) is 6.70. The number of carbonyl (C=O) groups excluding carboxylic acids is 2. The number of hydrogen-bond acceptors (Lipinski definition) is 9. The third-order valence-corrected chi connectivity index (χ3v) is 8.85. The van der Waals surface area contributed by atoms with Crippen molar-refractivity contribution in [3.8, 4) is 0 Å². The summed E-state index contributed by atoms with van der Waals surface area (Å²) in [6.45, 7) is 4.50. The van der Waals surface area contributed by atoms with Crippen LogP contribution in [0.4, 0.5) is 0 Å². The number of rotatable bonds is 6. The zero-order chi connectivity index (χ0) is 28.9. The molecule has 4 heterocycles. The second-order valence-electron chi connectivity index (χ2n) is 11.7. The zero-order valence-corrected chi connectivity index (χ0v) is 23.4. The highest BCUT2D eigenvalue weighted by molar-refractivity contribution is 5.96. The van der Waals surface area contributed by atoms with E-state index in [1.807, 2.05) is 18.2 Å². The highest BCUT2D eigenvalue weighted by Gasteiger charge is 2.68. The molecule has 4 aliphatic rings. The topological polar surface area (TPSA) is 185 Å². The summed E-state index contributed by atoms with van der Waals surface area (Å²) in [6.07, 6.45) is 4.63. The summed E-state index contributed by atoms with van der Waals surface area (Å²) in [5.74, 6) is 0.202. The van der Waals surface area contributed by atoms with Crippen LogP contribution < -0.4 is 32.4 Å². The largest absolute Gasteiger partial charge is 0.385 e. The van der Waals surface area contributed by atoms with E-state index in [2.05, 4.69) is 50.8 Å². The summed E-state index contributed by atoms with van der Waals surface area (Å²) in [7, 11) is 0. The molecule has 1 aromatic heterocycles. The molecule has 41 heavy (non-hydrogen) atoms. The fraction of sp³-hybridized carbons (Fsp3) is 0.483. The molecule has 1 aromatic carbocycles. The molecule has 0 radical (unpaired) electrons. The van der Waals surface area contributed by atoms with Crippen LogP contribution in [0.5, 0.6) is 0 Å². The van der Waals surface area contributed by atoms with Crippen molar-refractivity contribution in [2.75, 3.05) is 13.1 Å². The van der Waals surface area contributed by atoms with Crippen molar-refractivity contribution in [2.45, 2.75) is 75.3 Å². The van der Waals surface area contributed by atoms with Gasteiger partial charge in [-0.1, -0.05) is 32.0 Å². The number of nitrogens with two attached hydrogens (primary N) is 2. The first-order valence-corrected chi connectivity index (χ1v) is 14.3. The van der Waals surface area contributed by atoms with Gasteiger partial charge in [0.15, 0.2) is 12.0 Å². The normalized spacial score (nSPS) is 28.1. The lowest BCUT2D eigenvalue weighted by molar-refractivity contribution is -0.513. The molecular formula is C29H38N9O3+. The summed E-state index contributed by atoms with van der Waals surface area (Å²) in [4.78, 5) is 40.2. The van der Waals surface area contributed by atoms with Gasteiger partial charge < -0.3 is 26.4 Å². The van der Waals surface area contributed by atoms with Crippen molar-refractivity contribution >= 4 is 23.7 Å². The number of nitrogens with one attached hydrogen (secondary N) is 4. The number of aromatic nitrogens is 1. The molecule has 2 amide bonds. The van der Waals surface area contributed by atoms with Gasteiger partial charge in [0.1, 0.15) is 17.8 Å². The standard InChI is InChI=1S/C29H37N9O3/c1-15(2)17-10-11-20(32-12-17)26(41)33-13-21-23-29(37-27(30)36-23)24(39)22(14-38(29)28(31)35-21)34-25(40)19-9-5-7-16-6-3-4-8-18(16)19/h5,7,9-12,15,21-24,39H,3-4,6,8,13-14H2,1-2H3,(H2,31,35)(H,33,41)(H,34,40)(H3,30,36,37)/p+1/t21-,22?,23-,24+,29-/m0/s1. The number of carbonyl (C=O) groups is 2. The minimum atomic E-state index is -1.16. The van der Waals surface area contributed by atoms with Gasteiger partial charge in [0, 0.05) is 24.8 Å². The number of fused-ring (bicyclic) bond motifs is 1. The molecule has 1 unspecified atom stereocenters. The van der Waals surface area contributed by atoms with Crippen LogP contribution in [0.2, 0.25) is 0 Å². The number of aliphatic hydroxyl groups excluding tert-OH is 1. The molecule has 216 valence electrons. The lowest BCUT2D eigenvalue weighted by Crippen LogP contribution is -2.88. The highest BCUT2D eigenvalue weighted by atomic mass is 16.3. The van der Waals surface area contributed by atoms with Gasteiger partial charge in [-0.25, -0.2) is 10.3 Å². The molecule has 1 spiro atoms. The number of pyridine rings is 1. The number of hydrogen-bond donors (Lipinski definition) is 7. The Morgan fingerprint density at radius 1 is 1.20 bits per heavy atom. The average Bonchev–Trinajstić information content (AvgIpc) is 3.47. The van der Waals surface area contributed by atoms with Gasteiger partial charge in [0.2, 0.25) is 5.66 Å². The third kappa shape index (κ3) is 4.55. The Labute approximate surface area is 238 Å². The van der Waals surface area contributed by atoms with E-state index in [0.717, 1.165) is 36.8 Å². The molecule has 1 saturated heterocycles. The number of nitrogens with zero attached hydrogens (tertiary/aromatic N) is 3. The van der Waals surface area contributed by atoms with Gasteiger partial charge in [-0.3, -0.25) is 25.3 Å². The molecule has 1 fully saturated rings. The third-order valence-electron chi connectivity index (χ3n) is 8.85. The Morgan fingerprint density at radius 2 is 2.00 bits per heavy atom. The highest BCUT2D eigenvalue weighted by Crippen LogP contribution is 2.35. The van der Waals surface area contributed by atoms with Gasteiger partial charge in [-0.2, -0.15) is 0 Å². The lowest BCUT2D eigenvalue weighted by atomic mass is 9.87. The first-order valence-electron chi connectivity index (χ1n) is 14.3. The van der Waals surface area contributed by atoms with E-state index in [4.69, 9.17) is 11.5 Å². The van der Waals surface area contributed by atoms with E-state index in [0.29, 0.717) is 17.2 Å². The quantitative estimate of drug-likeness (QED) is 0.212. The molecule has 3 aliphatic heterocycles. The van der Waals surface area contributed by atoms with Crippen LogP contribution >= 0.6 is 0 Å². The monoisotopic (exact) mass is 560 g/mol. The number of guanidine groups is 2. The zero-order valence-electron chi connectivity index (χ0n) is 23.4. The second kappa shape index (κ2) is 10.3. The maximum Gasteiger partial charge on any atom is 0.343 e. The van der Waals surface area contributed by atoms with Crippen LogP contribution in [-0.2, 0) is 12.8 Å².